The van der Waals surface area contributed by atoms with Crippen molar-refractivity contribution in [3.63, 3.8) is 0 Å². The maximum atomic E-state index is 12.3. The number of cyclic esters (lactones) is 2. The molecule has 0 spiro atoms. The van der Waals surface area contributed by atoms with Gasteiger partial charge < -0.3 is 14.9 Å². The Kier molecular flexibility index (Phi) is 18.9. The predicted molar refractivity (Wildman–Crippen MR) is 173 cm³/mol. The molecule has 2 aliphatic heterocycles. The Hall–Kier alpha value is -2.75. The van der Waals surface area contributed by atoms with Crippen LogP contribution in [0.25, 0.3) is 0 Å². The van der Waals surface area contributed by atoms with E-state index in [4.69, 9.17) is 38.5 Å². The molecule has 4 rings (SSSR count). The predicted octanol–water partition coefficient (Wildman–Crippen LogP) is 6.82. The number of carbonyl (C=O) groups is 4. The van der Waals surface area contributed by atoms with E-state index in [0.29, 0.717) is 19.3 Å². The standard InChI is InChI=1S/2C16H19NO3.3ClH.H2O.Rh/c2*1-3-7-12(2)15(18)17-14(11-20-16(17)19)10-13-8-5-4-6-9-13;;;;;/h3-9,12,14H,10-11H2,1-2H3;3-6,8-9,12,14H,1,7,10-11H2,2H3;3*1H;1H2;/q;;;;;;+3/p-3/b7-3+;;;;;;/t2*12-,14+;;;;;/m00...../s1. The van der Waals surface area contributed by atoms with Crippen LogP contribution in [0.4, 0.5) is 9.59 Å². The molecule has 250 valence electrons. The zero-order valence-electron chi connectivity index (χ0n) is 25.4. The van der Waals surface area contributed by atoms with Crippen molar-refractivity contribution >= 4 is 53.1 Å². The van der Waals surface area contributed by atoms with Gasteiger partial charge in [-0.1, -0.05) is 92.7 Å². The summed E-state index contributed by atoms with van der Waals surface area (Å²) >= 11 is -1.66. The second-order valence-electron chi connectivity index (χ2n) is 10.1. The molecule has 9 nitrogen and oxygen atoms in total. The van der Waals surface area contributed by atoms with E-state index in [0.717, 1.165) is 11.1 Å². The van der Waals surface area contributed by atoms with E-state index in [2.05, 4.69) is 6.58 Å². The third-order valence-electron chi connectivity index (χ3n) is 6.84. The zero-order chi connectivity index (χ0) is 32.6. The van der Waals surface area contributed by atoms with Gasteiger partial charge >= 0.3 is 54.2 Å². The van der Waals surface area contributed by atoms with Crippen LogP contribution in [0.3, 0.4) is 0 Å². The number of benzene rings is 2. The summed E-state index contributed by atoms with van der Waals surface area (Å²) in [6.07, 6.45) is 6.03. The van der Waals surface area contributed by atoms with Crippen molar-refractivity contribution in [3.8, 4) is 0 Å². The summed E-state index contributed by atoms with van der Waals surface area (Å²) in [7, 11) is 14.8. The first-order valence-electron chi connectivity index (χ1n) is 14.0. The minimum absolute atomic E-state index is 0. The second-order valence-corrected chi connectivity index (χ2v) is 17.6. The molecule has 0 aromatic heterocycles. The van der Waals surface area contributed by atoms with E-state index < -0.39 is 25.2 Å². The van der Waals surface area contributed by atoms with Gasteiger partial charge in [0, 0.05) is 5.92 Å². The minimum atomic E-state index is -1.66. The number of ether oxygens (including phenoxy) is 2. The molecule has 13 heteroatoms. The van der Waals surface area contributed by atoms with Crippen LogP contribution in [0.15, 0.2) is 85.5 Å². The van der Waals surface area contributed by atoms with Gasteiger partial charge in [-0.25, -0.2) is 19.4 Å². The van der Waals surface area contributed by atoms with Crippen LogP contribution in [-0.4, -0.2) is 64.6 Å². The van der Waals surface area contributed by atoms with Gasteiger partial charge in [0.1, 0.15) is 13.2 Å². The van der Waals surface area contributed by atoms with Gasteiger partial charge in [0.05, 0.1) is 18.0 Å². The van der Waals surface area contributed by atoms with Crippen molar-refractivity contribution in [2.75, 3.05) is 13.2 Å². The quantitative estimate of drug-likeness (QED) is 0.204. The molecular formula is C32H40Cl3N2O7Rh. The van der Waals surface area contributed by atoms with Crippen molar-refractivity contribution in [2.45, 2.75) is 52.1 Å². The van der Waals surface area contributed by atoms with Gasteiger partial charge in [-0.2, -0.15) is 0 Å². The van der Waals surface area contributed by atoms with E-state index in [9.17, 15) is 19.2 Å². The number of allylic oxidation sites excluding steroid dienone is 2. The molecule has 2 fully saturated rings. The number of rotatable bonds is 9. The van der Waals surface area contributed by atoms with E-state index in [1.54, 1.807) is 26.0 Å². The number of hydrogen-bond acceptors (Lipinski definition) is 6. The summed E-state index contributed by atoms with van der Waals surface area (Å²) < 4.78 is 10.1. The topological polar surface area (TPSA) is 125 Å². The second kappa shape index (κ2) is 21.1. The van der Waals surface area contributed by atoms with Crippen LogP contribution in [0.1, 0.15) is 38.3 Å². The van der Waals surface area contributed by atoms with Crippen LogP contribution < -0.4 is 0 Å². The number of halogens is 3. The molecule has 0 aliphatic carbocycles. The summed E-state index contributed by atoms with van der Waals surface area (Å²) in [5.41, 5.74) is 2.18. The van der Waals surface area contributed by atoms with Gasteiger partial charge in [0.25, 0.3) is 0 Å². The monoisotopic (exact) mass is 772 g/mol. The third-order valence-corrected chi connectivity index (χ3v) is 6.84. The van der Waals surface area contributed by atoms with Gasteiger partial charge in [-0.3, -0.25) is 9.59 Å². The fourth-order valence-electron chi connectivity index (χ4n) is 4.71. The molecule has 2 N–H and O–H groups in total. The molecule has 2 saturated heterocycles. The fraction of sp³-hybridized carbons (Fsp3) is 0.375. The summed E-state index contributed by atoms with van der Waals surface area (Å²) in [6, 6.07) is 19.2. The summed E-state index contributed by atoms with van der Waals surface area (Å²) in [5.74, 6) is -0.958. The van der Waals surface area contributed by atoms with E-state index >= 15 is 0 Å². The molecule has 0 bridgehead atoms. The Morgan fingerprint density at radius 1 is 0.867 bits per heavy atom. The van der Waals surface area contributed by atoms with E-state index in [-0.39, 0.29) is 54.4 Å². The number of hydrogen-bond donors (Lipinski definition) is 0. The van der Waals surface area contributed by atoms with Crippen molar-refractivity contribution in [2.24, 2.45) is 11.8 Å². The van der Waals surface area contributed by atoms with Crippen LogP contribution in [0.2, 0.25) is 0 Å². The van der Waals surface area contributed by atoms with Crippen molar-refractivity contribution in [3.05, 3.63) is 96.6 Å². The Morgan fingerprint density at radius 3 is 1.64 bits per heavy atom. The van der Waals surface area contributed by atoms with Crippen molar-refractivity contribution in [1.29, 1.82) is 0 Å². The molecular weight excluding hydrogens is 734 g/mol. The van der Waals surface area contributed by atoms with Crippen LogP contribution in [0, 0.1) is 11.8 Å². The molecule has 0 saturated carbocycles. The average Bonchev–Trinajstić information content (AvgIpc) is 3.54. The normalized spacial score (nSPS) is 18.7. The van der Waals surface area contributed by atoms with Crippen LogP contribution >= 0.6 is 29.1 Å². The Labute approximate surface area is 282 Å². The molecule has 2 aromatic rings. The summed E-state index contributed by atoms with van der Waals surface area (Å²) in [5, 5.41) is 0. The maximum absolute atomic E-state index is 12.3. The molecule has 4 amide bonds. The fourth-order valence-corrected chi connectivity index (χ4v) is 4.71. The Morgan fingerprint density at radius 2 is 1.27 bits per heavy atom. The number of carbonyl (C=O) groups excluding carboxylic acids is 4. The molecule has 2 heterocycles. The number of nitrogens with zero attached hydrogens (tertiary/aromatic N) is 2. The molecule has 45 heavy (non-hydrogen) atoms. The van der Waals surface area contributed by atoms with Gasteiger partial charge in [0.15, 0.2) is 0 Å². The first kappa shape index (κ1) is 40.3. The molecule has 2 aliphatic rings. The zero-order valence-corrected chi connectivity index (χ0v) is 29.3. The SMILES string of the molecule is C/C=C/[C@H](C)C(=O)N1C(=O)OC[C@H]1Cc1ccccc1.C=CC[C@H](C)C(=O)N1C(=O)OC[C@H]1Cc1ccccc1.O.[Cl][Rh]([Cl])[Cl]. The van der Waals surface area contributed by atoms with E-state index in [1.807, 2.05) is 73.7 Å². The molecule has 0 unspecified atom stereocenters. The Bertz CT molecular complexity index is 1270. The van der Waals surface area contributed by atoms with Crippen molar-refractivity contribution < 1.29 is 47.1 Å². The van der Waals surface area contributed by atoms with Crippen molar-refractivity contribution in [1.82, 2.24) is 9.80 Å². The third kappa shape index (κ3) is 13.3. The van der Waals surface area contributed by atoms with Gasteiger partial charge in [-0.15, -0.1) is 6.58 Å². The molecule has 4 atom stereocenters. The average molecular weight is 774 g/mol. The number of amides is 4. The molecule has 2 aromatic carbocycles. The summed E-state index contributed by atoms with van der Waals surface area (Å²) in [6.45, 7) is 9.60. The first-order valence-corrected chi connectivity index (χ1v) is 20.3. The van der Waals surface area contributed by atoms with Crippen LogP contribution in [0.5, 0.6) is 0 Å². The van der Waals surface area contributed by atoms with E-state index in [1.165, 1.54) is 9.80 Å². The first-order chi connectivity index (χ1) is 21.0. The molecule has 0 radical (unpaired) electrons. The van der Waals surface area contributed by atoms with Gasteiger partial charge in [-0.05, 0) is 37.3 Å². The van der Waals surface area contributed by atoms with Crippen LogP contribution in [-0.2, 0) is 44.9 Å². The number of imide groups is 2. The Balaban J connectivity index is 0.000000394. The summed E-state index contributed by atoms with van der Waals surface area (Å²) in [4.78, 5) is 50.7. The van der Waals surface area contributed by atoms with Gasteiger partial charge in [0.2, 0.25) is 11.8 Å².